The lowest BCUT2D eigenvalue weighted by molar-refractivity contribution is 0.102. The van der Waals surface area contributed by atoms with E-state index in [-0.39, 0.29) is 5.02 Å². The highest BCUT2D eigenvalue weighted by Gasteiger charge is 2.17. The van der Waals surface area contributed by atoms with E-state index in [4.69, 9.17) is 46.4 Å². The molecule has 3 nitrogen and oxygen atoms in total. The summed E-state index contributed by atoms with van der Waals surface area (Å²) in [5.41, 5.74) is 2.27. The number of nitrogens with one attached hydrogen (secondary N) is 1. The Morgan fingerprint density at radius 3 is 2.43 bits per heavy atom. The molecule has 4 aromatic rings. The summed E-state index contributed by atoms with van der Waals surface area (Å²) >= 11 is 26.2. The maximum absolute atomic E-state index is 12.6. The Hall–Kier alpha value is -1.82. The summed E-state index contributed by atoms with van der Waals surface area (Å²) in [6.45, 7) is 0. The van der Waals surface area contributed by atoms with Crippen LogP contribution in [0.3, 0.4) is 0 Å². The maximum atomic E-state index is 12.6. The minimum absolute atomic E-state index is 0.251. The van der Waals surface area contributed by atoms with Crippen LogP contribution in [-0.2, 0) is 0 Å². The van der Waals surface area contributed by atoms with Crippen molar-refractivity contribution >= 4 is 79.6 Å². The molecule has 0 fully saturated rings. The summed E-state index contributed by atoms with van der Waals surface area (Å²) < 4.78 is 1.04. The number of nitrogens with zero attached hydrogens (tertiary/aromatic N) is 1. The molecule has 3 aromatic carbocycles. The first-order valence-corrected chi connectivity index (χ1v) is 10.4. The van der Waals surface area contributed by atoms with Gasteiger partial charge in [-0.05, 0) is 42.5 Å². The fourth-order valence-electron chi connectivity index (χ4n) is 2.66. The van der Waals surface area contributed by atoms with Gasteiger partial charge in [0, 0.05) is 10.6 Å². The highest BCUT2D eigenvalue weighted by molar-refractivity contribution is 7.21. The van der Waals surface area contributed by atoms with Crippen molar-refractivity contribution in [2.45, 2.75) is 0 Å². The zero-order valence-electron chi connectivity index (χ0n) is 14.0. The van der Waals surface area contributed by atoms with Crippen LogP contribution in [0.25, 0.3) is 20.8 Å². The lowest BCUT2D eigenvalue weighted by atomic mass is 10.1. The minimum Gasteiger partial charge on any atom is -0.321 e. The monoisotopic (exact) mass is 466 g/mol. The standard InChI is InChI=1S/C20H10Cl4N2OS/c21-10-5-6-11(13(22)7-10)19(27)25-17-8-12(14(23)9-15(17)24)20-26-16-3-1-2-4-18(16)28-20/h1-9H,(H,25,27). The van der Waals surface area contributed by atoms with Crippen molar-refractivity contribution in [2.75, 3.05) is 5.32 Å². The van der Waals surface area contributed by atoms with Crippen molar-refractivity contribution in [1.29, 1.82) is 0 Å². The van der Waals surface area contributed by atoms with Crippen LogP contribution in [0.4, 0.5) is 5.69 Å². The summed E-state index contributed by atoms with van der Waals surface area (Å²) in [4.78, 5) is 17.2. The van der Waals surface area contributed by atoms with Crippen molar-refractivity contribution in [3.8, 4) is 10.6 Å². The molecule has 1 N–H and O–H groups in total. The lowest BCUT2D eigenvalue weighted by Gasteiger charge is -2.11. The van der Waals surface area contributed by atoms with Gasteiger partial charge in [-0.25, -0.2) is 4.98 Å². The Morgan fingerprint density at radius 1 is 0.893 bits per heavy atom. The molecule has 0 saturated heterocycles. The number of benzene rings is 3. The first kappa shape index (κ1) is 19.5. The number of anilines is 1. The quantitative estimate of drug-likeness (QED) is 0.333. The second-order valence-corrected chi connectivity index (χ2v) is 8.57. The van der Waals surface area contributed by atoms with E-state index in [0.717, 1.165) is 15.2 Å². The van der Waals surface area contributed by atoms with Crippen LogP contribution in [0.15, 0.2) is 54.6 Å². The average molecular weight is 468 g/mol. The number of aromatic nitrogens is 1. The zero-order chi connectivity index (χ0) is 19.8. The van der Waals surface area contributed by atoms with Gasteiger partial charge in [0.05, 0.1) is 36.5 Å². The molecule has 0 spiro atoms. The molecule has 0 radical (unpaired) electrons. The number of thiazole rings is 1. The topological polar surface area (TPSA) is 42.0 Å². The van der Waals surface area contributed by atoms with Gasteiger partial charge in [0.15, 0.2) is 0 Å². The van der Waals surface area contributed by atoms with E-state index in [0.29, 0.717) is 31.9 Å². The van der Waals surface area contributed by atoms with Gasteiger partial charge in [-0.2, -0.15) is 0 Å². The number of para-hydroxylation sites is 1. The van der Waals surface area contributed by atoms with Crippen LogP contribution in [0.1, 0.15) is 10.4 Å². The molecular formula is C20H10Cl4N2OS. The molecule has 0 aliphatic rings. The fraction of sp³-hybridized carbons (Fsp3) is 0. The van der Waals surface area contributed by atoms with Gasteiger partial charge in [-0.3, -0.25) is 4.79 Å². The highest BCUT2D eigenvalue weighted by Crippen LogP contribution is 2.39. The van der Waals surface area contributed by atoms with Gasteiger partial charge in [0.2, 0.25) is 0 Å². The number of amides is 1. The Labute approximate surface area is 184 Å². The molecule has 8 heteroatoms. The summed E-state index contributed by atoms with van der Waals surface area (Å²) in [7, 11) is 0. The molecule has 140 valence electrons. The SMILES string of the molecule is O=C(Nc1cc(-c2nc3ccccc3s2)c(Cl)cc1Cl)c1ccc(Cl)cc1Cl. The Balaban J connectivity index is 1.72. The summed E-state index contributed by atoms with van der Waals surface area (Å²) in [6, 6.07) is 15.8. The second-order valence-electron chi connectivity index (χ2n) is 5.88. The molecule has 0 bridgehead atoms. The predicted octanol–water partition coefficient (Wildman–Crippen LogP) is 7.83. The average Bonchev–Trinajstić information content (AvgIpc) is 3.07. The van der Waals surface area contributed by atoms with Crippen LogP contribution in [0.2, 0.25) is 20.1 Å². The van der Waals surface area contributed by atoms with E-state index >= 15 is 0 Å². The third-order valence-corrected chi connectivity index (χ3v) is 6.25. The summed E-state index contributed by atoms with van der Waals surface area (Å²) in [5.74, 6) is -0.402. The molecular weight excluding hydrogens is 458 g/mol. The van der Waals surface area contributed by atoms with E-state index in [2.05, 4.69) is 10.3 Å². The van der Waals surface area contributed by atoms with Crippen LogP contribution in [-0.4, -0.2) is 10.9 Å². The smallest absolute Gasteiger partial charge is 0.257 e. The van der Waals surface area contributed by atoms with Gasteiger partial charge < -0.3 is 5.32 Å². The molecule has 4 rings (SSSR count). The number of halogens is 4. The normalized spacial score (nSPS) is 11.0. The molecule has 0 saturated carbocycles. The number of carbonyl (C=O) groups excluding carboxylic acids is 1. The third-order valence-electron chi connectivity index (χ3n) is 4.00. The third kappa shape index (κ3) is 3.84. The van der Waals surface area contributed by atoms with Crippen LogP contribution < -0.4 is 5.32 Å². The number of hydrogen-bond donors (Lipinski definition) is 1. The Morgan fingerprint density at radius 2 is 1.68 bits per heavy atom. The van der Waals surface area contributed by atoms with Crippen molar-refractivity contribution in [1.82, 2.24) is 4.98 Å². The van der Waals surface area contributed by atoms with Crippen molar-refractivity contribution in [2.24, 2.45) is 0 Å². The van der Waals surface area contributed by atoms with Crippen molar-refractivity contribution in [3.05, 3.63) is 80.3 Å². The van der Waals surface area contributed by atoms with Crippen LogP contribution in [0.5, 0.6) is 0 Å². The maximum Gasteiger partial charge on any atom is 0.257 e. The number of carbonyl (C=O) groups is 1. The highest BCUT2D eigenvalue weighted by atomic mass is 35.5. The van der Waals surface area contributed by atoms with E-state index < -0.39 is 5.91 Å². The van der Waals surface area contributed by atoms with Gasteiger partial charge in [0.25, 0.3) is 5.91 Å². The molecule has 0 aliphatic carbocycles. The van der Waals surface area contributed by atoms with E-state index in [1.165, 1.54) is 17.4 Å². The predicted molar refractivity (Wildman–Crippen MR) is 119 cm³/mol. The molecule has 0 atom stereocenters. The van der Waals surface area contributed by atoms with Crippen molar-refractivity contribution < 1.29 is 4.79 Å². The van der Waals surface area contributed by atoms with Gasteiger partial charge in [0.1, 0.15) is 5.01 Å². The number of fused-ring (bicyclic) bond motifs is 1. The Bertz CT molecular complexity index is 1190. The fourth-order valence-corrected chi connectivity index (χ4v) is 4.73. The minimum atomic E-state index is -0.402. The van der Waals surface area contributed by atoms with Crippen molar-refractivity contribution in [3.63, 3.8) is 0 Å². The second kappa shape index (κ2) is 7.90. The molecule has 0 unspecified atom stereocenters. The molecule has 1 heterocycles. The molecule has 28 heavy (non-hydrogen) atoms. The molecule has 1 aromatic heterocycles. The molecule has 0 aliphatic heterocycles. The number of rotatable bonds is 3. The van der Waals surface area contributed by atoms with E-state index in [9.17, 15) is 4.79 Å². The van der Waals surface area contributed by atoms with Gasteiger partial charge >= 0.3 is 0 Å². The molecule has 1 amide bonds. The first-order chi connectivity index (χ1) is 13.4. The van der Waals surface area contributed by atoms with Gasteiger partial charge in [-0.1, -0.05) is 58.5 Å². The van der Waals surface area contributed by atoms with E-state index in [1.807, 2.05) is 24.3 Å². The van der Waals surface area contributed by atoms with Gasteiger partial charge in [-0.15, -0.1) is 11.3 Å². The first-order valence-electron chi connectivity index (χ1n) is 8.04. The largest absolute Gasteiger partial charge is 0.321 e. The number of hydrogen-bond acceptors (Lipinski definition) is 3. The lowest BCUT2D eigenvalue weighted by Crippen LogP contribution is -2.13. The Kier molecular flexibility index (Phi) is 5.50. The summed E-state index contributed by atoms with van der Waals surface area (Å²) in [5, 5.41) is 4.98. The van der Waals surface area contributed by atoms with Crippen LogP contribution in [0, 0.1) is 0 Å². The zero-order valence-corrected chi connectivity index (χ0v) is 17.8. The van der Waals surface area contributed by atoms with E-state index in [1.54, 1.807) is 24.3 Å². The summed E-state index contributed by atoms with van der Waals surface area (Å²) in [6.07, 6.45) is 0. The van der Waals surface area contributed by atoms with Crippen LogP contribution >= 0.6 is 57.7 Å².